The molecule has 2 aliphatic heterocycles. The summed E-state index contributed by atoms with van der Waals surface area (Å²) in [5, 5.41) is 0.780. The number of benzene rings is 2. The van der Waals surface area contributed by atoms with Gasteiger partial charge in [-0.05, 0) is 48.9 Å². The van der Waals surface area contributed by atoms with Crippen molar-refractivity contribution in [3.63, 3.8) is 0 Å². The minimum atomic E-state index is -0.489. The lowest BCUT2D eigenvalue weighted by Crippen LogP contribution is -2.58. The molecule has 2 N–H and O–H groups in total. The number of hydrogen-bond acceptors (Lipinski definition) is 6. The summed E-state index contributed by atoms with van der Waals surface area (Å²) in [5.74, 6) is 0.950. The Hall–Kier alpha value is -3.65. The maximum atomic E-state index is 12.1. The molecule has 5 rings (SSSR count). The van der Waals surface area contributed by atoms with Crippen molar-refractivity contribution in [3.8, 4) is 22.8 Å². The Morgan fingerprint density at radius 2 is 1.76 bits per heavy atom. The van der Waals surface area contributed by atoms with Gasteiger partial charge in [-0.25, -0.2) is 4.98 Å². The maximum Gasteiger partial charge on any atom is 0.261 e. The molecule has 7 nitrogen and oxygen atoms in total. The number of rotatable bonds is 6. The molecular weight excluding hydrogens is 436 g/mol. The quantitative estimate of drug-likeness (QED) is 0.563. The molecule has 2 aliphatic rings. The molecule has 3 heterocycles. The van der Waals surface area contributed by atoms with Crippen molar-refractivity contribution in [1.82, 2.24) is 9.88 Å². The molecule has 0 bridgehead atoms. The van der Waals surface area contributed by atoms with E-state index in [1.54, 1.807) is 0 Å². The van der Waals surface area contributed by atoms with Gasteiger partial charge < -0.3 is 20.3 Å². The van der Waals surface area contributed by atoms with Gasteiger partial charge in [0.15, 0.2) is 5.13 Å². The van der Waals surface area contributed by atoms with Gasteiger partial charge in [0.1, 0.15) is 16.4 Å². The predicted octanol–water partition coefficient (Wildman–Crippen LogP) is 3.93. The number of primary amides is 1. The van der Waals surface area contributed by atoms with Crippen LogP contribution in [-0.4, -0.2) is 47.9 Å². The van der Waals surface area contributed by atoms with Crippen molar-refractivity contribution >= 4 is 28.3 Å². The van der Waals surface area contributed by atoms with Gasteiger partial charge in [-0.15, -0.1) is 0 Å². The van der Waals surface area contributed by atoms with Crippen LogP contribution in [0.4, 0.5) is 5.13 Å². The maximum absolute atomic E-state index is 12.1. The lowest BCUT2D eigenvalue weighted by Gasteiger charge is -2.47. The minimum absolute atomic E-state index is 0.0161. The molecule has 3 aromatic rings. The number of carbonyl (C=O) groups is 2. The molecule has 1 aromatic heterocycles. The van der Waals surface area contributed by atoms with Crippen LogP contribution in [0.5, 0.6) is 11.5 Å². The van der Waals surface area contributed by atoms with Crippen LogP contribution < -0.4 is 15.4 Å². The fourth-order valence-electron chi connectivity index (χ4n) is 4.52. The highest BCUT2D eigenvalue weighted by molar-refractivity contribution is 7.18. The highest BCUT2D eigenvalue weighted by Gasteiger charge is 2.49. The van der Waals surface area contributed by atoms with Crippen LogP contribution in [0.2, 0.25) is 0 Å². The molecule has 2 fully saturated rings. The van der Waals surface area contributed by atoms with Crippen LogP contribution >= 0.6 is 11.3 Å². The number of aromatic nitrogens is 1. The zero-order valence-corrected chi connectivity index (χ0v) is 18.9. The summed E-state index contributed by atoms with van der Waals surface area (Å²) in [6.45, 7) is 6.69. The van der Waals surface area contributed by atoms with E-state index in [9.17, 15) is 9.59 Å². The van der Waals surface area contributed by atoms with Crippen LogP contribution in [0.3, 0.4) is 0 Å². The average molecular weight is 461 g/mol. The topological polar surface area (TPSA) is 88.8 Å². The van der Waals surface area contributed by atoms with E-state index >= 15 is 0 Å². The van der Waals surface area contributed by atoms with E-state index in [1.165, 1.54) is 17.4 Å². The highest BCUT2D eigenvalue weighted by Crippen LogP contribution is 2.44. The predicted molar refractivity (Wildman–Crippen MR) is 129 cm³/mol. The summed E-state index contributed by atoms with van der Waals surface area (Å²) in [6.07, 6.45) is 2.34. The highest BCUT2D eigenvalue weighted by atomic mass is 32.1. The van der Waals surface area contributed by atoms with E-state index in [1.807, 2.05) is 59.5 Å². The number of anilines is 1. The molecule has 1 spiro atoms. The van der Waals surface area contributed by atoms with E-state index in [0.717, 1.165) is 49.0 Å². The fourth-order valence-corrected chi connectivity index (χ4v) is 5.46. The van der Waals surface area contributed by atoms with Gasteiger partial charge in [0.25, 0.3) is 5.91 Å². The van der Waals surface area contributed by atoms with Crippen molar-refractivity contribution in [3.05, 3.63) is 72.1 Å². The van der Waals surface area contributed by atoms with Gasteiger partial charge in [0.2, 0.25) is 5.91 Å². The third-order valence-corrected chi connectivity index (χ3v) is 7.32. The zero-order chi connectivity index (χ0) is 23.0. The van der Waals surface area contributed by atoms with Crippen LogP contribution in [0, 0.1) is 5.41 Å². The van der Waals surface area contributed by atoms with E-state index in [2.05, 4.69) is 11.5 Å². The van der Waals surface area contributed by atoms with Crippen LogP contribution in [0.15, 0.2) is 67.3 Å². The van der Waals surface area contributed by atoms with Crippen LogP contribution in [0.1, 0.15) is 16.1 Å². The Balaban J connectivity index is 1.32. The Morgan fingerprint density at radius 1 is 1.06 bits per heavy atom. The number of para-hydroxylation sites is 1. The molecule has 0 aliphatic carbocycles. The number of ether oxygens (including phenoxy) is 1. The van der Waals surface area contributed by atoms with Crippen LogP contribution in [0.25, 0.3) is 11.3 Å². The average Bonchev–Trinajstić information content (AvgIpc) is 3.44. The summed E-state index contributed by atoms with van der Waals surface area (Å²) in [5.41, 5.74) is 7.16. The molecule has 0 atom stereocenters. The minimum Gasteiger partial charge on any atom is -0.457 e. The summed E-state index contributed by atoms with van der Waals surface area (Å²) < 4.78 is 5.85. The number of nitrogens with zero attached hydrogens (tertiary/aromatic N) is 3. The lowest BCUT2D eigenvalue weighted by atomic mass is 9.79. The van der Waals surface area contributed by atoms with Gasteiger partial charge in [-0.3, -0.25) is 9.59 Å². The molecule has 168 valence electrons. The van der Waals surface area contributed by atoms with Gasteiger partial charge in [0.05, 0.1) is 5.69 Å². The first-order chi connectivity index (χ1) is 16.0. The third kappa shape index (κ3) is 4.09. The molecule has 2 amide bonds. The second kappa shape index (κ2) is 8.37. The first kappa shape index (κ1) is 21.2. The van der Waals surface area contributed by atoms with Crippen molar-refractivity contribution in [2.75, 3.05) is 31.1 Å². The Labute approximate surface area is 196 Å². The lowest BCUT2D eigenvalue weighted by molar-refractivity contribution is -0.125. The number of hydrogen-bond donors (Lipinski definition) is 1. The standard InChI is InChI=1S/C25H24N4O3S/c1-2-20(30)28-13-12-25(14-28)15-29(16-25)24-27-21(22(33-24)23(26)31)17-8-10-19(11-9-17)32-18-6-4-3-5-7-18/h2-11H,1,12-16H2,(H2,26,31). The molecule has 8 heteroatoms. The van der Waals surface area contributed by atoms with E-state index < -0.39 is 5.91 Å². The largest absolute Gasteiger partial charge is 0.457 e. The smallest absolute Gasteiger partial charge is 0.261 e. The summed E-state index contributed by atoms with van der Waals surface area (Å²) >= 11 is 1.32. The number of amides is 2. The van der Waals surface area contributed by atoms with Gasteiger partial charge in [-0.1, -0.05) is 36.1 Å². The molecule has 0 radical (unpaired) electrons. The van der Waals surface area contributed by atoms with E-state index in [4.69, 9.17) is 15.5 Å². The number of thiazole rings is 1. The van der Waals surface area contributed by atoms with Crippen LogP contribution in [-0.2, 0) is 4.79 Å². The third-order valence-electron chi connectivity index (χ3n) is 6.19. The first-order valence-electron chi connectivity index (χ1n) is 10.8. The Bertz CT molecular complexity index is 1200. The molecule has 0 unspecified atom stereocenters. The summed E-state index contributed by atoms with van der Waals surface area (Å²) in [6, 6.07) is 17.0. The van der Waals surface area contributed by atoms with Gasteiger partial charge in [0, 0.05) is 37.2 Å². The number of nitrogens with two attached hydrogens (primary N) is 1. The fraction of sp³-hybridized carbons (Fsp3) is 0.240. The Kier molecular flexibility index (Phi) is 5.38. The van der Waals surface area contributed by atoms with Crippen molar-refractivity contribution in [2.24, 2.45) is 11.1 Å². The van der Waals surface area contributed by atoms with E-state index in [0.29, 0.717) is 16.3 Å². The van der Waals surface area contributed by atoms with Crippen molar-refractivity contribution in [1.29, 1.82) is 0 Å². The SMILES string of the molecule is C=CC(=O)N1CCC2(C1)CN(c1nc(-c3ccc(Oc4ccccc4)cc3)c(C(N)=O)s1)C2. The summed E-state index contributed by atoms with van der Waals surface area (Å²) in [7, 11) is 0. The second-order valence-electron chi connectivity index (χ2n) is 8.55. The molecule has 2 aromatic carbocycles. The zero-order valence-electron chi connectivity index (χ0n) is 18.1. The molecule has 0 saturated carbocycles. The Morgan fingerprint density at radius 3 is 2.42 bits per heavy atom. The molecule has 33 heavy (non-hydrogen) atoms. The second-order valence-corrected chi connectivity index (χ2v) is 9.53. The first-order valence-corrected chi connectivity index (χ1v) is 11.6. The van der Waals surface area contributed by atoms with Gasteiger partial charge in [-0.2, -0.15) is 0 Å². The number of likely N-dealkylation sites (tertiary alicyclic amines) is 1. The molecular formula is C25H24N4O3S. The van der Waals surface area contributed by atoms with Gasteiger partial charge >= 0.3 is 0 Å². The summed E-state index contributed by atoms with van der Waals surface area (Å²) in [4.78, 5) is 33.3. The monoisotopic (exact) mass is 460 g/mol. The van der Waals surface area contributed by atoms with Crippen molar-refractivity contribution in [2.45, 2.75) is 6.42 Å². The van der Waals surface area contributed by atoms with Crippen molar-refractivity contribution < 1.29 is 14.3 Å². The van der Waals surface area contributed by atoms with E-state index in [-0.39, 0.29) is 11.3 Å². The number of carbonyl (C=O) groups excluding carboxylic acids is 2. The molecule has 2 saturated heterocycles. The normalized spacial score (nSPS) is 16.5.